The van der Waals surface area contributed by atoms with Crippen LogP contribution >= 0.6 is 0 Å². The van der Waals surface area contributed by atoms with E-state index in [1.54, 1.807) is 13.2 Å². The molecule has 0 saturated carbocycles. The minimum atomic E-state index is -0.332. The Hall–Kier alpha value is -2.61. The number of ether oxygens (including phenoxy) is 3. The maximum absolute atomic E-state index is 12.9. The molecule has 152 valence electrons. The van der Waals surface area contributed by atoms with Crippen LogP contribution in [-0.2, 0) is 22.4 Å². The van der Waals surface area contributed by atoms with Crippen molar-refractivity contribution in [3.63, 3.8) is 0 Å². The number of benzene rings is 1. The Kier molecular flexibility index (Phi) is 6.29. The van der Waals surface area contributed by atoms with Crippen LogP contribution in [0, 0.1) is 5.82 Å². The van der Waals surface area contributed by atoms with Crippen molar-refractivity contribution in [2.75, 3.05) is 20.3 Å². The summed E-state index contributed by atoms with van der Waals surface area (Å²) in [6.07, 6.45) is 4.41. The molecule has 0 unspecified atom stereocenters. The number of halogens is 1. The van der Waals surface area contributed by atoms with Gasteiger partial charge in [0.05, 0.1) is 43.8 Å². The monoisotopic (exact) mass is 397 g/mol. The average Bonchev–Trinajstić information content (AvgIpc) is 2.77. The van der Waals surface area contributed by atoms with Crippen molar-refractivity contribution in [1.82, 2.24) is 15.3 Å². The van der Waals surface area contributed by atoms with Crippen LogP contribution < -0.4 is 10.1 Å². The minimum Gasteiger partial charge on any atom is -0.497 e. The molecule has 2 aromatic heterocycles. The van der Waals surface area contributed by atoms with Gasteiger partial charge in [-0.1, -0.05) is 0 Å². The molecular formula is C22H24FN3O3. The van der Waals surface area contributed by atoms with E-state index in [1.807, 2.05) is 30.5 Å². The molecule has 7 heteroatoms. The summed E-state index contributed by atoms with van der Waals surface area (Å²) in [7, 11) is 1.66. The number of fused-ring (bicyclic) bond motifs is 1. The number of rotatable bonds is 7. The molecule has 1 N–H and O–H groups in total. The SMILES string of the molecule is COc1ccc2nccc(CC[C@H]3OC[C@H](NCc4ccc(F)cn4)CO3)c2c1. The van der Waals surface area contributed by atoms with E-state index in [1.165, 1.54) is 17.8 Å². The van der Waals surface area contributed by atoms with E-state index in [0.29, 0.717) is 19.8 Å². The van der Waals surface area contributed by atoms with Crippen LogP contribution in [0.3, 0.4) is 0 Å². The van der Waals surface area contributed by atoms with Gasteiger partial charge in [-0.25, -0.2) is 4.39 Å². The molecule has 0 amide bonds. The van der Waals surface area contributed by atoms with Crippen LogP contribution in [0.2, 0.25) is 0 Å². The molecule has 1 aliphatic rings. The number of hydrogen-bond acceptors (Lipinski definition) is 6. The van der Waals surface area contributed by atoms with Gasteiger partial charge >= 0.3 is 0 Å². The van der Waals surface area contributed by atoms with Crippen LogP contribution in [0.1, 0.15) is 17.7 Å². The number of methoxy groups -OCH3 is 1. The quantitative estimate of drug-likeness (QED) is 0.660. The van der Waals surface area contributed by atoms with E-state index in [2.05, 4.69) is 15.3 Å². The van der Waals surface area contributed by atoms with Crippen LogP contribution in [0.5, 0.6) is 5.75 Å². The van der Waals surface area contributed by atoms with Gasteiger partial charge in [-0.2, -0.15) is 0 Å². The van der Waals surface area contributed by atoms with Crippen molar-refractivity contribution < 1.29 is 18.6 Å². The Labute approximate surface area is 169 Å². The smallest absolute Gasteiger partial charge is 0.158 e. The van der Waals surface area contributed by atoms with Gasteiger partial charge < -0.3 is 19.5 Å². The third-order valence-electron chi connectivity index (χ3n) is 5.02. The standard InChI is InChI=1S/C22H24FN3O3/c1-27-19-5-6-21-20(10-19)15(8-9-24-21)2-7-22-28-13-18(14-29-22)26-12-17-4-3-16(23)11-25-17/h3-6,8-11,18,22,26H,2,7,12-14H2,1H3/t18-,22-. The van der Waals surface area contributed by atoms with Gasteiger partial charge in [-0.3, -0.25) is 9.97 Å². The molecule has 1 saturated heterocycles. The van der Waals surface area contributed by atoms with Crippen molar-refractivity contribution in [3.05, 3.63) is 65.9 Å². The molecule has 0 radical (unpaired) electrons. The lowest BCUT2D eigenvalue weighted by molar-refractivity contribution is -0.192. The normalized spacial score (nSPS) is 19.4. The summed E-state index contributed by atoms with van der Waals surface area (Å²) in [5.41, 5.74) is 2.93. The Morgan fingerprint density at radius 3 is 2.76 bits per heavy atom. The van der Waals surface area contributed by atoms with Crippen molar-refractivity contribution in [1.29, 1.82) is 0 Å². The highest BCUT2D eigenvalue weighted by molar-refractivity contribution is 5.83. The van der Waals surface area contributed by atoms with E-state index in [-0.39, 0.29) is 18.1 Å². The first-order valence-electron chi connectivity index (χ1n) is 9.70. The van der Waals surface area contributed by atoms with Crippen molar-refractivity contribution >= 4 is 10.9 Å². The zero-order valence-electron chi connectivity index (χ0n) is 16.3. The van der Waals surface area contributed by atoms with E-state index in [9.17, 15) is 4.39 Å². The van der Waals surface area contributed by atoms with E-state index in [0.717, 1.165) is 35.2 Å². The molecule has 0 atom stereocenters. The number of aromatic nitrogens is 2. The number of hydrogen-bond donors (Lipinski definition) is 1. The fourth-order valence-corrected chi connectivity index (χ4v) is 3.39. The second kappa shape index (κ2) is 9.26. The fourth-order valence-electron chi connectivity index (χ4n) is 3.39. The first kappa shape index (κ1) is 19.7. The fraction of sp³-hybridized carbons (Fsp3) is 0.364. The molecule has 6 nitrogen and oxygen atoms in total. The van der Waals surface area contributed by atoms with Crippen molar-refractivity contribution in [3.8, 4) is 5.75 Å². The molecule has 4 rings (SSSR count). The zero-order valence-corrected chi connectivity index (χ0v) is 16.3. The predicted octanol–water partition coefficient (Wildman–Crippen LogP) is 3.24. The van der Waals surface area contributed by atoms with Gasteiger partial charge in [0.15, 0.2) is 6.29 Å². The van der Waals surface area contributed by atoms with E-state index >= 15 is 0 Å². The van der Waals surface area contributed by atoms with Gasteiger partial charge in [-0.05, 0) is 48.4 Å². The predicted molar refractivity (Wildman–Crippen MR) is 107 cm³/mol. The summed E-state index contributed by atoms with van der Waals surface area (Å²) < 4.78 is 30.0. The van der Waals surface area contributed by atoms with Crippen molar-refractivity contribution in [2.45, 2.75) is 31.7 Å². The maximum atomic E-state index is 12.9. The van der Waals surface area contributed by atoms with E-state index in [4.69, 9.17) is 14.2 Å². The Morgan fingerprint density at radius 1 is 1.14 bits per heavy atom. The molecule has 29 heavy (non-hydrogen) atoms. The maximum Gasteiger partial charge on any atom is 0.158 e. The molecule has 1 aliphatic heterocycles. The van der Waals surface area contributed by atoms with Crippen molar-refractivity contribution in [2.24, 2.45) is 0 Å². The number of aryl methyl sites for hydroxylation is 1. The lowest BCUT2D eigenvalue weighted by Gasteiger charge is -2.30. The van der Waals surface area contributed by atoms with Gasteiger partial charge in [0.25, 0.3) is 0 Å². The lowest BCUT2D eigenvalue weighted by Crippen LogP contribution is -2.44. The summed E-state index contributed by atoms with van der Waals surface area (Å²) >= 11 is 0. The lowest BCUT2D eigenvalue weighted by atomic mass is 10.0. The topological polar surface area (TPSA) is 65.5 Å². The summed E-state index contributed by atoms with van der Waals surface area (Å²) in [5.74, 6) is 0.489. The summed E-state index contributed by atoms with van der Waals surface area (Å²) in [6.45, 7) is 1.68. The first-order valence-corrected chi connectivity index (χ1v) is 9.70. The Morgan fingerprint density at radius 2 is 2.00 bits per heavy atom. The summed E-state index contributed by atoms with van der Waals surface area (Å²) in [6, 6.07) is 11.1. The van der Waals surface area contributed by atoms with Crippen LogP contribution in [0.4, 0.5) is 4.39 Å². The molecule has 3 aromatic rings. The zero-order chi connectivity index (χ0) is 20.1. The summed E-state index contributed by atoms with van der Waals surface area (Å²) in [5, 5.41) is 4.42. The molecular weight excluding hydrogens is 373 g/mol. The third kappa shape index (κ3) is 5.06. The first-order chi connectivity index (χ1) is 14.2. The van der Waals surface area contributed by atoms with Crippen LogP contribution in [0.15, 0.2) is 48.8 Å². The average molecular weight is 397 g/mol. The highest BCUT2D eigenvalue weighted by atomic mass is 19.1. The van der Waals surface area contributed by atoms with Gasteiger partial charge in [-0.15, -0.1) is 0 Å². The largest absolute Gasteiger partial charge is 0.497 e. The molecule has 0 spiro atoms. The van der Waals surface area contributed by atoms with Gasteiger partial charge in [0.1, 0.15) is 11.6 Å². The highest BCUT2D eigenvalue weighted by Crippen LogP contribution is 2.24. The number of pyridine rings is 2. The molecule has 1 fully saturated rings. The van der Waals surface area contributed by atoms with Gasteiger partial charge in [0, 0.05) is 24.5 Å². The summed E-state index contributed by atoms with van der Waals surface area (Å²) in [4.78, 5) is 8.46. The Bertz CT molecular complexity index is 944. The second-order valence-corrected chi connectivity index (χ2v) is 7.03. The molecule has 0 bridgehead atoms. The van der Waals surface area contributed by atoms with Gasteiger partial charge in [0.2, 0.25) is 0 Å². The molecule has 1 aromatic carbocycles. The van der Waals surface area contributed by atoms with E-state index < -0.39 is 0 Å². The molecule has 0 aliphatic carbocycles. The number of nitrogens with one attached hydrogen (secondary N) is 1. The Balaban J connectivity index is 1.27. The second-order valence-electron chi connectivity index (χ2n) is 7.03. The highest BCUT2D eigenvalue weighted by Gasteiger charge is 2.22. The van der Waals surface area contributed by atoms with Crippen LogP contribution in [-0.4, -0.2) is 42.6 Å². The number of nitrogens with zero attached hydrogens (tertiary/aromatic N) is 2. The minimum absolute atomic E-state index is 0.0871. The van der Waals surface area contributed by atoms with Crippen LogP contribution in [0.25, 0.3) is 10.9 Å². The molecule has 3 heterocycles. The third-order valence-corrected chi connectivity index (χ3v) is 5.02.